The summed E-state index contributed by atoms with van der Waals surface area (Å²) in [5.74, 6) is -2.05. The lowest BCUT2D eigenvalue weighted by atomic mass is 10.00. The van der Waals surface area contributed by atoms with E-state index in [4.69, 9.17) is 9.84 Å². The van der Waals surface area contributed by atoms with Gasteiger partial charge in [-0.3, -0.25) is 19.4 Å². The molecule has 0 fully saturated rings. The number of rotatable bonds is 6. The first-order valence-electron chi connectivity index (χ1n) is 11.4. The fourth-order valence-corrected chi connectivity index (χ4v) is 5.39. The standard InChI is InChI=1S/C23H30N4O6S2/c1-13(2)19-21(31)33-14(7-5-4-6-8-18(29)30)9-16(28)24-10-17-25-15(11-34-17)20-27-23(3,12-35-20)22(32)26-19/h4-5,11,13-14,19H,6-10,12H2,1-3H3,(H,24,28)(H,26,32)(H,29,30)/b5-4-/t14?,19-,23-/m0/s1. The Labute approximate surface area is 212 Å². The molecule has 2 amide bonds. The van der Waals surface area contributed by atoms with Gasteiger partial charge in [-0.1, -0.05) is 26.0 Å². The van der Waals surface area contributed by atoms with Crippen molar-refractivity contribution in [3.05, 3.63) is 28.2 Å². The Balaban J connectivity index is 1.84. The van der Waals surface area contributed by atoms with Gasteiger partial charge in [0, 0.05) is 24.0 Å². The number of thiazole rings is 1. The second-order valence-electron chi connectivity index (χ2n) is 8.98. The Kier molecular flexibility index (Phi) is 9.06. The fraction of sp³-hybridized carbons (Fsp3) is 0.565. The molecule has 0 spiro atoms. The van der Waals surface area contributed by atoms with Crippen LogP contribution in [0.1, 0.15) is 57.2 Å². The van der Waals surface area contributed by atoms with Crippen molar-refractivity contribution in [1.82, 2.24) is 15.6 Å². The third-order valence-electron chi connectivity index (χ3n) is 5.53. The number of carbonyl (C=O) groups is 4. The van der Waals surface area contributed by atoms with Crippen LogP contribution in [0.4, 0.5) is 0 Å². The van der Waals surface area contributed by atoms with E-state index in [9.17, 15) is 19.2 Å². The number of cyclic esters (lactones) is 1. The summed E-state index contributed by atoms with van der Waals surface area (Å²) in [6, 6.07) is -0.913. The number of nitrogens with one attached hydrogen (secondary N) is 2. The number of carboxylic acids is 1. The van der Waals surface area contributed by atoms with Gasteiger partial charge in [-0.15, -0.1) is 23.1 Å². The second-order valence-corrected chi connectivity index (χ2v) is 10.9. The highest BCUT2D eigenvalue weighted by molar-refractivity contribution is 8.14. The van der Waals surface area contributed by atoms with Gasteiger partial charge in [0.1, 0.15) is 33.4 Å². The lowest BCUT2D eigenvalue weighted by Gasteiger charge is -2.27. The number of aromatic nitrogens is 1. The quantitative estimate of drug-likeness (QED) is 0.381. The Morgan fingerprint density at radius 3 is 2.83 bits per heavy atom. The first-order valence-corrected chi connectivity index (χ1v) is 13.3. The third kappa shape index (κ3) is 7.38. The molecule has 1 unspecified atom stereocenters. The molecule has 10 nitrogen and oxygen atoms in total. The second kappa shape index (κ2) is 11.8. The Morgan fingerprint density at radius 2 is 2.11 bits per heavy atom. The van der Waals surface area contributed by atoms with Crippen molar-refractivity contribution in [3.8, 4) is 0 Å². The average Bonchev–Trinajstić information content (AvgIpc) is 3.42. The van der Waals surface area contributed by atoms with Gasteiger partial charge in [0.2, 0.25) is 11.8 Å². The largest absolute Gasteiger partial charge is 0.481 e. The van der Waals surface area contributed by atoms with Crippen molar-refractivity contribution < 1.29 is 29.0 Å². The van der Waals surface area contributed by atoms with E-state index < -0.39 is 29.6 Å². The molecule has 1 aromatic rings. The zero-order chi connectivity index (χ0) is 25.6. The summed E-state index contributed by atoms with van der Waals surface area (Å²) in [7, 11) is 0. The zero-order valence-electron chi connectivity index (χ0n) is 19.9. The van der Waals surface area contributed by atoms with Gasteiger partial charge in [-0.05, 0) is 19.3 Å². The fourth-order valence-electron chi connectivity index (χ4n) is 3.47. The molecule has 0 saturated carbocycles. The van der Waals surface area contributed by atoms with Gasteiger partial charge in [-0.2, -0.15) is 0 Å². The molecule has 4 bridgehead atoms. The molecule has 0 aliphatic carbocycles. The predicted octanol–water partition coefficient (Wildman–Crippen LogP) is 2.28. The maximum atomic E-state index is 13.2. The molecule has 35 heavy (non-hydrogen) atoms. The van der Waals surface area contributed by atoms with E-state index in [1.165, 1.54) is 23.1 Å². The summed E-state index contributed by atoms with van der Waals surface area (Å²) in [6.07, 6.45) is 3.09. The van der Waals surface area contributed by atoms with Crippen molar-refractivity contribution in [2.75, 3.05) is 5.75 Å². The minimum atomic E-state index is -1.05. The van der Waals surface area contributed by atoms with Crippen LogP contribution >= 0.6 is 23.1 Å². The van der Waals surface area contributed by atoms with E-state index in [1.54, 1.807) is 32.9 Å². The van der Waals surface area contributed by atoms with Crippen LogP contribution in [0, 0.1) is 5.92 Å². The van der Waals surface area contributed by atoms with Gasteiger partial charge in [-0.25, -0.2) is 9.78 Å². The van der Waals surface area contributed by atoms with Gasteiger partial charge in [0.15, 0.2) is 0 Å². The van der Waals surface area contributed by atoms with Crippen molar-refractivity contribution in [2.45, 2.75) is 70.7 Å². The number of carbonyl (C=O) groups excluding carboxylic acids is 3. The van der Waals surface area contributed by atoms with E-state index in [-0.39, 0.29) is 43.5 Å². The number of allylic oxidation sites excluding steroid dienone is 1. The summed E-state index contributed by atoms with van der Waals surface area (Å²) in [5, 5.41) is 17.6. The first-order chi connectivity index (χ1) is 16.6. The van der Waals surface area contributed by atoms with Crippen LogP contribution in [-0.4, -0.2) is 62.3 Å². The summed E-state index contributed by atoms with van der Waals surface area (Å²) in [6.45, 7) is 5.56. The van der Waals surface area contributed by atoms with E-state index in [2.05, 4.69) is 20.6 Å². The molecule has 1 aromatic heterocycles. The molecule has 3 atom stereocenters. The Morgan fingerprint density at radius 1 is 1.34 bits per heavy atom. The van der Waals surface area contributed by atoms with Gasteiger partial charge in [0.25, 0.3) is 0 Å². The van der Waals surface area contributed by atoms with Crippen LogP contribution in [0.25, 0.3) is 0 Å². The summed E-state index contributed by atoms with van der Waals surface area (Å²) in [4.78, 5) is 58.7. The molecule has 190 valence electrons. The van der Waals surface area contributed by atoms with Crippen molar-refractivity contribution in [2.24, 2.45) is 10.9 Å². The maximum absolute atomic E-state index is 13.2. The Bertz CT molecular complexity index is 1040. The number of hydrogen-bond acceptors (Lipinski definition) is 9. The molecule has 2 aliphatic heterocycles. The minimum Gasteiger partial charge on any atom is -0.481 e. The van der Waals surface area contributed by atoms with Crippen molar-refractivity contribution in [3.63, 3.8) is 0 Å². The number of ether oxygens (including phenoxy) is 1. The lowest BCUT2D eigenvalue weighted by molar-refractivity contribution is -0.155. The summed E-state index contributed by atoms with van der Waals surface area (Å²) < 4.78 is 5.68. The molecule has 0 aromatic carbocycles. The van der Waals surface area contributed by atoms with E-state index in [1.807, 2.05) is 5.38 Å². The van der Waals surface area contributed by atoms with E-state index in [0.29, 0.717) is 27.9 Å². The summed E-state index contributed by atoms with van der Waals surface area (Å²) in [5.41, 5.74) is -0.383. The molecule has 3 heterocycles. The van der Waals surface area contributed by atoms with Crippen molar-refractivity contribution >= 4 is 51.9 Å². The highest BCUT2D eigenvalue weighted by Gasteiger charge is 2.41. The number of thioether (sulfide) groups is 1. The normalized spacial score (nSPS) is 25.8. The van der Waals surface area contributed by atoms with Crippen LogP contribution < -0.4 is 10.6 Å². The average molecular weight is 523 g/mol. The maximum Gasteiger partial charge on any atom is 0.329 e. The van der Waals surface area contributed by atoms with Gasteiger partial charge < -0.3 is 20.5 Å². The molecule has 2 aliphatic rings. The number of nitrogens with zero attached hydrogens (tertiary/aromatic N) is 2. The smallest absolute Gasteiger partial charge is 0.329 e. The highest BCUT2D eigenvalue weighted by atomic mass is 32.2. The van der Waals surface area contributed by atoms with Crippen LogP contribution in [-0.2, 0) is 30.5 Å². The van der Waals surface area contributed by atoms with Crippen LogP contribution in [0.5, 0.6) is 0 Å². The number of hydrogen-bond donors (Lipinski definition) is 3. The molecule has 0 radical (unpaired) electrons. The number of aliphatic carboxylic acids is 1. The minimum absolute atomic E-state index is 0.0139. The number of carboxylic acid groups (broad SMARTS) is 1. The third-order valence-corrected chi connectivity index (χ3v) is 7.66. The lowest BCUT2D eigenvalue weighted by Crippen LogP contribution is -2.53. The number of esters is 1. The van der Waals surface area contributed by atoms with Crippen LogP contribution in [0.2, 0.25) is 0 Å². The molecule has 3 rings (SSSR count). The molecule has 0 saturated heterocycles. The summed E-state index contributed by atoms with van der Waals surface area (Å²) >= 11 is 2.82. The number of fused-ring (bicyclic) bond motifs is 4. The van der Waals surface area contributed by atoms with E-state index in [0.717, 1.165) is 0 Å². The van der Waals surface area contributed by atoms with Gasteiger partial charge in [0.05, 0.1) is 13.0 Å². The van der Waals surface area contributed by atoms with Crippen molar-refractivity contribution in [1.29, 1.82) is 0 Å². The SMILES string of the molecule is CC(C)[C@@H]1NC(=O)[C@]2(C)CSC(=N2)c2csc(n2)CNC(=O)CC(C/C=C\CCC(=O)O)OC1=O. The zero-order valence-corrected chi connectivity index (χ0v) is 21.5. The van der Waals surface area contributed by atoms with E-state index >= 15 is 0 Å². The predicted molar refractivity (Wildman–Crippen MR) is 133 cm³/mol. The molecule has 12 heteroatoms. The Hall–Kier alpha value is -2.73. The number of amides is 2. The molecule has 3 N–H and O–H groups in total. The number of aliphatic imine (C=N–C) groups is 1. The molecular weight excluding hydrogens is 492 g/mol. The monoisotopic (exact) mass is 522 g/mol. The van der Waals surface area contributed by atoms with Gasteiger partial charge >= 0.3 is 11.9 Å². The van der Waals surface area contributed by atoms with Crippen LogP contribution in [0.15, 0.2) is 22.5 Å². The molecular formula is C23H30N4O6S2. The first kappa shape index (κ1) is 26.9. The highest BCUT2D eigenvalue weighted by Crippen LogP contribution is 2.32. The van der Waals surface area contributed by atoms with Crippen LogP contribution in [0.3, 0.4) is 0 Å². The topological polar surface area (TPSA) is 147 Å².